The lowest BCUT2D eigenvalue weighted by molar-refractivity contribution is 0.0678. The molecule has 0 radical (unpaired) electrons. The molecular formula is C15H21ClN4O. The van der Waals surface area contributed by atoms with Gasteiger partial charge in [-0.1, -0.05) is 41.9 Å². The monoisotopic (exact) mass is 308 g/mol. The molecule has 0 bridgehead atoms. The Kier molecular flexibility index (Phi) is 5.36. The van der Waals surface area contributed by atoms with E-state index in [9.17, 15) is 0 Å². The van der Waals surface area contributed by atoms with Crippen molar-refractivity contribution in [3.63, 3.8) is 0 Å². The van der Waals surface area contributed by atoms with Crippen LogP contribution in [0.5, 0.6) is 0 Å². The van der Waals surface area contributed by atoms with Gasteiger partial charge in [-0.05, 0) is 18.9 Å². The van der Waals surface area contributed by atoms with E-state index in [0.29, 0.717) is 11.6 Å². The molecule has 0 amide bonds. The van der Waals surface area contributed by atoms with Gasteiger partial charge in [-0.15, -0.1) is 0 Å². The number of rotatable bonds is 6. The largest absolute Gasteiger partial charge is 0.375 e. The Morgan fingerprint density at radius 3 is 2.52 bits per heavy atom. The topological polar surface area (TPSA) is 65.1 Å². The molecule has 0 aliphatic carbocycles. The molecule has 0 fully saturated rings. The number of halogens is 1. The van der Waals surface area contributed by atoms with E-state index in [0.717, 1.165) is 16.8 Å². The summed E-state index contributed by atoms with van der Waals surface area (Å²) >= 11 is 6.30. The fourth-order valence-corrected chi connectivity index (χ4v) is 2.81. The van der Waals surface area contributed by atoms with E-state index in [-0.39, 0.29) is 12.1 Å². The fraction of sp³-hybridized carbons (Fsp3) is 0.400. The highest BCUT2D eigenvalue weighted by atomic mass is 35.5. The molecule has 3 N–H and O–H groups in total. The van der Waals surface area contributed by atoms with Gasteiger partial charge in [-0.3, -0.25) is 16.0 Å². The second-order valence-electron chi connectivity index (χ2n) is 5.02. The van der Waals surface area contributed by atoms with Gasteiger partial charge >= 0.3 is 0 Å². The van der Waals surface area contributed by atoms with Crippen molar-refractivity contribution < 1.29 is 4.74 Å². The number of hydrogen-bond donors (Lipinski definition) is 2. The minimum Gasteiger partial charge on any atom is -0.375 e. The van der Waals surface area contributed by atoms with Crippen LogP contribution in [-0.2, 0) is 18.2 Å². The maximum absolute atomic E-state index is 6.30. The smallest absolute Gasteiger partial charge is 0.130 e. The van der Waals surface area contributed by atoms with E-state index in [4.69, 9.17) is 22.2 Å². The summed E-state index contributed by atoms with van der Waals surface area (Å²) in [6, 6.07) is 9.89. The number of aryl methyl sites for hydroxylation is 2. The first-order valence-corrected chi connectivity index (χ1v) is 7.18. The van der Waals surface area contributed by atoms with Gasteiger partial charge in [-0.2, -0.15) is 5.10 Å². The highest BCUT2D eigenvalue weighted by molar-refractivity contribution is 6.30. The number of nitrogens with one attached hydrogen (secondary N) is 1. The van der Waals surface area contributed by atoms with E-state index in [2.05, 4.69) is 10.5 Å². The third-order valence-corrected chi connectivity index (χ3v) is 4.13. The van der Waals surface area contributed by atoms with E-state index < -0.39 is 0 Å². The number of aromatic nitrogens is 2. The summed E-state index contributed by atoms with van der Waals surface area (Å²) < 4.78 is 7.31. The molecule has 1 aromatic carbocycles. The summed E-state index contributed by atoms with van der Waals surface area (Å²) in [6.45, 7) is 1.94. The van der Waals surface area contributed by atoms with Crippen LogP contribution in [0.4, 0.5) is 0 Å². The number of hydrogen-bond acceptors (Lipinski definition) is 4. The highest BCUT2D eigenvalue weighted by Gasteiger charge is 2.25. The van der Waals surface area contributed by atoms with Crippen LogP contribution in [0.2, 0.25) is 5.15 Å². The molecule has 1 aromatic heterocycles. The maximum atomic E-state index is 6.30. The molecule has 2 atom stereocenters. The average Bonchev–Trinajstić information content (AvgIpc) is 2.74. The number of benzene rings is 1. The third-order valence-electron chi connectivity index (χ3n) is 3.66. The van der Waals surface area contributed by atoms with Crippen LogP contribution in [0.15, 0.2) is 30.3 Å². The lowest BCUT2D eigenvalue weighted by atomic mass is 9.96. The number of hydrazine groups is 1. The molecular weight excluding hydrogens is 288 g/mol. The van der Waals surface area contributed by atoms with Crippen molar-refractivity contribution >= 4 is 11.6 Å². The van der Waals surface area contributed by atoms with Crippen molar-refractivity contribution in [1.29, 1.82) is 0 Å². The molecule has 0 saturated heterocycles. The fourth-order valence-electron chi connectivity index (χ4n) is 2.55. The first-order chi connectivity index (χ1) is 10.1. The average molecular weight is 309 g/mol. The molecule has 5 nitrogen and oxygen atoms in total. The summed E-state index contributed by atoms with van der Waals surface area (Å²) in [5.74, 6) is 5.74. The van der Waals surface area contributed by atoms with Crippen molar-refractivity contribution in [1.82, 2.24) is 15.2 Å². The molecule has 2 rings (SSSR count). The van der Waals surface area contributed by atoms with E-state index in [1.165, 1.54) is 0 Å². The molecule has 2 unspecified atom stereocenters. The summed E-state index contributed by atoms with van der Waals surface area (Å²) in [5.41, 5.74) is 5.81. The second kappa shape index (κ2) is 7.04. The Labute approximate surface area is 130 Å². The first-order valence-electron chi connectivity index (χ1n) is 6.80. The van der Waals surface area contributed by atoms with Gasteiger partial charge in [0.25, 0.3) is 0 Å². The van der Waals surface area contributed by atoms with Crippen molar-refractivity contribution in [2.45, 2.75) is 25.5 Å². The Morgan fingerprint density at radius 2 is 2.05 bits per heavy atom. The summed E-state index contributed by atoms with van der Waals surface area (Å²) in [4.78, 5) is 0. The van der Waals surface area contributed by atoms with Gasteiger partial charge in [0.15, 0.2) is 0 Å². The van der Waals surface area contributed by atoms with Crippen LogP contribution < -0.4 is 11.3 Å². The van der Waals surface area contributed by atoms with Gasteiger partial charge < -0.3 is 4.74 Å². The molecule has 2 aromatic rings. The minimum atomic E-state index is -0.160. The molecule has 6 heteroatoms. The lowest BCUT2D eigenvalue weighted by Gasteiger charge is -2.26. The van der Waals surface area contributed by atoms with Crippen LogP contribution in [0.25, 0.3) is 0 Å². The van der Waals surface area contributed by atoms with Crippen molar-refractivity contribution in [2.24, 2.45) is 12.9 Å². The Morgan fingerprint density at radius 1 is 1.38 bits per heavy atom. The zero-order chi connectivity index (χ0) is 15.4. The second-order valence-corrected chi connectivity index (χ2v) is 5.38. The molecule has 0 aliphatic rings. The molecule has 21 heavy (non-hydrogen) atoms. The number of nitrogens with zero attached hydrogens (tertiary/aromatic N) is 2. The van der Waals surface area contributed by atoms with Crippen molar-refractivity contribution in [3.05, 3.63) is 52.3 Å². The van der Waals surface area contributed by atoms with Crippen LogP contribution in [0.1, 0.15) is 22.9 Å². The van der Waals surface area contributed by atoms with Gasteiger partial charge in [0.2, 0.25) is 0 Å². The Balaban J connectivity index is 2.26. The summed E-state index contributed by atoms with van der Waals surface area (Å²) in [7, 11) is 3.51. The number of methoxy groups -OCH3 is 1. The number of nitrogens with two attached hydrogens (primary N) is 1. The SMILES string of the molecule is COC(c1ccccc1)C(Cc1c(C)nn(C)c1Cl)NN. The minimum absolute atomic E-state index is 0.0993. The van der Waals surface area contributed by atoms with Gasteiger partial charge in [0.05, 0.1) is 17.8 Å². The van der Waals surface area contributed by atoms with Crippen LogP contribution in [-0.4, -0.2) is 22.9 Å². The molecule has 114 valence electrons. The first kappa shape index (κ1) is 16.0. The van der Waals surface area contributed by atoms with E-state index in [1.54, 1.807) is 11.8 Å². The zero-order valence-corrected chi connectivity index (χ0v) is 13.3. The van der Waals surface area contributed by atoms with Crippen molar-refractivity contribution in [2.75, 3.05) is 7.11 Å². The molecule has 0 spiro atoms. The summed E-state index contributed by atoms with van der Waals surface area (Å²) in [6.07, 6.45) is 0.481. The predicted molar refractivity (Wildman–Crippen MR) is 84.0 cm³/mol. The van der Waals surface area contributed by atoms with Gasteiger partial charge in [0.1, 0.15) is 5.15 Å². The van der Waals surface area contributed by atoms with Crippen molar-refractivity contribution in [3.8, 4) is 0 Å². The standard InChI is InChI=1S/C15H21ClN4O/c1-10-12(15(16)20(2)19-10)9-13(18-17)14(21-3)11-7-5-4-6-8-11/h4-8,13-14,18H,9,17H2,1-3H3. The van der Waals surface area contributed by atoms with Gasteiger partial charge in [0, 0.05) is 19.7 Å². The lowest BCUT2D eigenvalue weighted by Crippen LogP contribution is -2.42. The number of ether oxygens (including phenoxy) is 1. The van der Waals surface area contributed by atoms with Crippen LogP contribution >= 0.6 is 11.6 Å². The van der Waals surface area contributed by atoms with E-state index >= 15 is 0 Å². The Hall–Kier alpha value is -1.40. The molecule has 0 saturated carbocycles. The molecule has 1 heterocycles. The quantitative estimate of drug-likeness (QED) is 0.634. The highest BCUT2D eigenvalue weighted by Crippen LogP contribution is 2.26. The van der Waals surface area contributed by atoms with E-state index in [1.807, 2.05) is 44.3 Å². The Bertz CT molecular complexity index is 585. The predicted octanol–water partition coefficient (Wildman–Crippen LogP) is 2.14. The van der Waals surface area contributed by atoms with Gasteiger partial charge in [-0.25, -0.2) is 0 Å². The molecule has 0 aliphatic heterocycles. The van der Waals surface area contributed by atoms with Crippen LogP contribution in [0.3, 0.4) is 0 Å². The summed E-state index contributed by atoms with van der Waals surface area (Å²) in [5, 5.41) is 4.97. The normalized spacial score (nSPS) is 14.1. The maximum Gasteiger partial charge on any atom is 0.130 e. The zero-order valence-electron chi connectivity index (χ0n) is 12.5. The van der Waals surface area contributed by atoms with Crippen LogP contribution in [0, 0.1) is 6.92 Å². The third kappa shape index (κ3) is 3.44.